The zero-order chi connectivity index (χ0) is 17.5. The highest BCUT2D eigenvalue weighted by Gasteiger charge is 2.32. The van der Waals surface area contributed by atoms with Crippen molar-refractivity contribution < 1.29 is 23.1 Å². The van der Waals surface area contributed by atoms with Gasteiger partial charge >= 0.3 is 0 Å². The molecule has 1 amide bonds. The first-order valence-corrected chi connectivity index (χ1v) is 7.38. The van der Waals surface area contributed by atoms with Gasteiger partial charge in [0.15, 0.2) is 5.78 Å². The van der Waals surface area contributed by atoms with Gasteiger partial charge in [0.25, 0.3) is 5.91 Å². The van der Waals surface area contributed by atoms with E-state index in [1.807, 2.05) is 13.8 Å². The average molecular weight is 331 g/mol. The number of benzene rings is 2. The van der Waals surface area contributed by atoms with Crippen LogP contribution in [0.25, 0.3) is 0 Å². The minimum absolute atomic E-state index is 0.121. The summed E-state index contributed by atoms with van der Waals surface area (Å²) in [6.45, 7) is 3.62. The molecule has 0 saturated carbocycles. The predicted molar refractivity (Wildman–Crippen MR) is 84.4 cm³/mol. The number of carbonyl (C=O) groups excluding carboxylic acids is 2. The molecule has 24 heavy (non-hydrogen) atoms. The van der Waals surface area contributed by atoms with Crippen LogP contribution in [0.3, 0.4) is 0 Å². The van der Waals surface area contributed by atoms with Gasteiger partial charge in [-0.15, -0.1) is 0 Å². The van der Waals surface area contributed by atoms with Crippen LogP contribution in [-0.4, -0.2) is 17.3 Å². The van der Waals surface area contributed by atoms with Crippen LogP contribution in [0.4, 0.5) is 14.5 Å². The Bertz CT molecular complexity index is 846. The lowest BCUT2D eigenvalue weighted by molar-refractivity contribution is 0.0620. The molecule has 0 aromatic heterocycles. The molecule has 1 heterocycles. The van der Waals surface area contributed by atoms with Crippen molar-refractivity contribution in [1.82, 2.24) is 0 Å². The zero-order valence-corrected chi connectivity index (χ0v) is 13.2. The second-order valence-electron chi connectivity index (χ2n) is 6.25. The van der Waals surface area contributed by atoms with Gasteiger partial charge in [0.2, 0.25) is 0 Å². The number of fused-ring (bicyclic) bond motifs is 1. The van der Waals surface area contributed by atoms with Gasteiger partial charge < -0.3 is 10.1 Å². The van der Waals surface area contributed by atoms with Gasteiger partial charge in [0, 0.05) is 11.6 Å². The first kappa shape index (κ1) is 16.1. The summed E-state index contributed by atoms with van der Waals surface area (Å²) in [4.78, 5) is 24.5. The number of carbonyl (C=O) groups is 2. The summed E-state index contributed by atoms with van der Waals surface area (Å²) >= 11 is 0. The Morgan fingerprint density at radius 2 is 1.92 bits per heavy atom. The van der Waals surface area contributed by atoms with E-state index in [2.05, 4.69) is 5.32 Å². The van der Waals surface area contributed by atoms with E-state index in [4.69, 9.17) is 4.74 Å². The number of amides is 1. The van der Waals surface area contributed by atoms with Crippen LogP contribution in [0.2, 0.25) is 0 Å². The SMILES string of the molecule is CC1(C)CC(=O)c2cc(C(=O)Nc3ccc(F)cc3F)ccc2O1. The molecule has 2 aromatic rings. The maximum absolute atomic E-state index is 13.6. The Hall–Kier alpha value is -2.76. The molecule has 0 unspecified atom stereocenters. The van der Waals surface area contributed by atoms with E-state index in [0.717, 1.165) is 12.1 Å². The molecule has 0 bridgehead atoms. The third-order valence-corrected chi connectivity index (χ3v) is 3.69. The van der Waals surface area contributed by atoms with Crippen LogP contribution in [0.15, 0.2) is 36.4 Å². The summed E-state index contributed by atoms with van der Waals surface area (Å²) in [5, 5.41) is 2.36. The van der Waals surface area contributed by atoms with Gasteiger partial charge in [0.1, 0.15) is 23.0 Å². The van der Waals surface area contributed by atoms with E-state index in [1.165, 1.54) is 12.1 Å². The number of hydrogen-bond donors (Lipinski definition) is 1. The van der Waals surface area contributed by atoms with Gasteiger partial charge in [-0.2, -0.15) is 0 Å². The molecule has 0 aliphatic carbocycles. The molecule has 1 aliphatic rings. The second kappa shape index (κ2) is 5.70. The Morgan fingerprint density at radius 3 is 2.62 bits per heavy atom. The smallest absolute Gasteiger partial charge is 0.255 e. The topological polar surface area (TPSA) is 55.4 Å². The molecule has 2 aromatic carbocycles. The van der Waals surface area contributed by atoms with Gasteiger partial charge in [0.05, 0.1) is 17.7 Å². The van der Waals surface area contributed by atoms with Crippen molar-refractivity contribution in [3.8, 4) is 5.75 Å². The quantitative estimate of drug-likeness (QED) is 0.906. The lowest BCUT2D eigenvalue weighted by atomic mass is 9.92. The normalized spacial score (nSPS) is 15.4. The third-order valence-electron chi connectivity index (χ3n) is 3.69. The minimum Gasteiger partial charge on any atom is -0.487 e. The number of anilines is 1. The molecule has 0 atom stereocenters. The maximum Gasteiger partial charge on any atom is 0.255 e. The van der Waals surface area contributed by atoms with Gasteiger partial charge in [-0.05, 0) is 44.2 Å². The Morgan fingerprint density at radius 1 is 1.17 bits per heavy atom. The maximum atomic E-state index is 13.6. The van der Waals surface area contributed by atoms with Crippen molar-refractivity contribution >= 4 is 17.4 Å². The van der Waals surface area contributed by atoms with Crippen LogP contribution in [0.5, 0.6) is 5.75 Å². The zero-order valence-electron chi connectivity index (χ0n) is 13.2. The molecule has 124 valence electrons. The summed E-state index contributed by atoms with van der Waals surface area (Å²) < 4.78 is 32.2. The number of hydrogen-bond acceptors (Lipinski definition) is 3. The van der Waals surface area contributed by atoms with Crippen LogP contribution >= 0.6 is 0 Å². The number of Topliss-reactive ketones (excluding diaryl/α,β-unsaturated/α-hetero) is 1. The molecule has 3 rings (SSSR count). The summed E-state index contributed by atoms with van der Waals surface area (Å²) in [5.41, 5.74) is -0.219. The third kappa shape index (κ3) is 3.13. The van der Waals surface area contributed by atoms with E-state index < -0.39 is 23.1 Å². The van der Waals surface area contributed by atoms with Gasteiger partial charge in [-0.3, -0.25) is 9.59 Å². The number of nitrogens with one attached hydrogen (secondary N) is 1. The highest BCUT2D eigenvalue weighted by Crippen LogP contribution is 2.33. The monoisotopic (exact) mass is 331 g/mol. The van der Waals surface area contributed by atoms with E-state index in [0.29, 0.717) is 17.4 Å². The van der Waals surface area contributed by atoms with Crippen LogP contribution in [0, 0.1) is 11.6 Å². The number of ether oxygens (including phenoxy) is 1. The van der Waals surface area contributed by atoms with E-state index >= 15 is 0 Å². The molecule has 0 radical (unpaired) electrons. The first-order valence-electron chi connectivity index (χ1n) is 7.38. The fourth-order valence-corrected chi connectivity index (χ4v) is 2.58. The van der Waals surface area contributed by atoms with E-state index in [-0.39, 0.29) is 23.5 Å². The second-order valence-corrected chi connectivity index (χ2v) is 6.25. The van der Waals surface area contributed by atoms with E-state index in [9.17, 15) is 18.4 Å². The summed E-state index contributed by atoms with van der Waals surface area (Å²) in [6, 6.07) is 7.32. The molecule has 0 fully saturated rings. The lowest BCUT2D eigenvalue weighted by Crippen LogP contribution is -2.36. The highest BCUT2D eigenvalue weighted by molar-refractivity contribution is 6.07. The summed E-state index contributed by atoms with van der Waals surface area (Å²) in [7, 11) is 0. The first-order chi connectivity index (χ1) is 11.2. The summed E-state index contributed by atoms with van der Waals surface area (Å²) in [6.07, 6.45) is 0.206. The molecule has 0 spiro atoms. The van der Waals surface area contributed by atoms with Crippen molar-refractivity contribution in [3.05, 3.63) is 59.2 Å². The fraction of sp³-hybridized carbons (Fsp3) is 0.222. The molecule has 6 heteroatoms. The van der Waals surface area contributed by atoms with Crippen molar-refractivity contribution in [2.75, 3.05) is 5.32 Å². The van der Waals surface area contributed by atoms with Gasteiger partial charge in [-0.25, -0.2) is 8.78 Å². The van der Waals surface area contributed by atoms with Crippen LogP contribution in [-0.2, 0) is 0 Å². The average Bonchev–Trinajstić information content (AvgIpc) is 2.48. The fourth-order valence-electron chi connectivity index (χ4n) is 2.58. The Balaban J connectivity index is 1.87. The minimum atomic E-state index is -0.873. The van der Waals surface area contributed by atoms with Crippen molar-refractivity contribution in [3.63, 3.8) is 0 Å². The number of rotatable bonds is 2. The molecule has 4 nitrogen and oxygen atoms in total. The summed E-state index contributed by atoms with van der Waals surface area (Å²) in [5.74, 6) is -1.90. The van der Waals surface area contributed by atoms with E-state index in [1.54, 1.807) is 6.07 Å². The largest absolute Gasteiger partial charge is 0.487 e. The standard InChI is InChI=1S/C18H15F2NO3/c1-18(2)9-15(22)12-7-10(3-6-16(12)24-18)17(23)21-14-5-4-11(19)8-13(14)20/h3-8H,9H2,1-2H3,(H,21,23). The van der Waals surface area contributed by atoms with Gasteiger partial charge in [-0.1, -0.05) is 0 Å². The highest BCUT2D eigenvalue weighted by atomic mass is 19.1. The number of ketones is 1. The molecular weight excluding hydrogens is 316 g/mol. The molecule has 0 saturated heterocycles. The molecular formula is C18H15F2NO3. The lowest BCUT2D eigenvalue weighted by Gasteiger charge is -2.31. The van der Waals surface area contributed by atoms with Crippen molar-refractivity contribution in [1.29, 1.82) is 0 Å². The number of halogens is 2. The molecule has 1 N–H and O–H groups in total. The molecule has 1 aliphatic heterocycles. The van der Waals surface area contributed by atoms with Crippen LogP contribution < -0.4 is 10.1 Å². The van der Waals surface area contributed by atoms with Crippen molar-refractivity contribution in [2.24, 2.45) is 0 Å². The van der Waals surface area contributed by atoms with Crippen molar-refractivity contribution in [2.45, 2.75) is 25.9 Å². The Kier molecular flexibility index (Phi) is 3.83. The Labute approximate surface area is 137 Å². The van der Waals surface area contributed by atoms with Crippen LogP contribution in [0.1, 0.15) is 41.0 Å². The predicted octanol–water partition coefficient (Wildman–Crippen LogP) is 3.96.